The summed E-state index contributed by atoms with van der Waals surface area (Å²) in [6.07, 6.45) is -7.30. The first-order valence-electron chi connectivity index (χ1n) is 10.0. The number of aromatic nitrogens is 3. The van der Waals surface area contributed by atoms with E-state index in [0.717, 1.165) is 27.7 Å². The molecule has 0 unspecified atom stereocenters. The highest BCUT2D eigenvalue weighted by atomic mass is 16.7. The Kier molecular flexibility index (Phi) is 8.51. The molecule has 1 saturated heterocycles. The third kappa shape index (κ3) is 6.40. The zero-order chi connectivity index (χ0) is 25.7. The molecule has 0 aromatic carbocycles. The Balaban J connectivity index is 2.70. The van der Waals surface area contributed by atoms with E-state index in [1.165, 1.54) is 19.0 Å². The molecule has 0 bridgehead atoms. The fraction of sp³-hybridized carbons (Fsp3) is 0.632. The molecular weight excluding hydrogens is 460 g/mol. The summed E-state index contributed by atoms with van der Waals surface area (Å²) in [5.41, 5.74) is -1.83. The standard InChI is InChI=1S/C19H26N4O11/c1-8(24)30-7-12-13(31-9(2)25)14(32-10(3)26)15(33-11(4)27)18(34-12)23-19(29)20-17(28)16(21-23)22(5)6/h12-15,18H,7H2,1-6H3,(H,20,28,29)/t12-,13+,14-,15+,18-/m0/s1. The van der Waals surface area contributed by atoms with Crippen molar-refractivity contribution in [2.24, 2.45) is 0 Å². The molecular formula is C19H26N4O11. The fourth-order valence-corrected chi connectivity index (χ4v) is 3.27. The summed E-state index contributed by atoms with van der Waals surface area (Å²) in [5.74, 6) is -3.36. The number of aromatic amines is 1. The summed E-state index contributed by atoms with van der Waals surface area (Å²) >= 11 is 0. The number of anilines is 1. The van der Waals surface area contributed by atoms with Crippen molar-refractivity contribution in [3.63, 3.8) is 0 Å². The molecule has 0 amide bonds. The van der Waals surface area contributed by atoms with Gasteiger partial charge in [0, 0.05) is 41.8 Å². The van der Waals surface area contributed by atoms with Crippen molar-refractivity contribution in [3.05, 3.63) is 20.8 Å². The summed E-state index contributed by atoms with van der Waals surface area (Å²) in [7, 11) is 3.00. The minimum Gasteiger partial charge on any atom is -0.463 e. The monoisotopic (exact) mass is 486 g/mol. The predicted octanol–water partition coefficient (Wildman–Crippen LogP) is -1.75. The van der Waals surface area contributed by atoms with Crippen LogP contribution >= 0.6 is 0 Å². The minimum atomic E-state index is -1.58. The van der Waals surface area contributed by atoms with Crippen LogP contribution in [0.5, 0.6) is 0 Å². The molecule has 1 aliphatic rings. The molecule has 2 rings (SSSR count). The Bertz CT molecular complexity index is 1060. The van der Waals surface area contributed by atoms with Crippen LogP contribution in [0.15, 0.2) is 9.59 Å². The van der Waals surface area contributed by atoms with Crippen LogP contribution in [-0.2, 0) is 42.9 Å². The predicted molar refractivity (Wildman–Crippen MR) is 111 cm³/mol. The number of ether oxygens (including phenoxy) is 5. The van der Waals surface area contributed by atoms with Crippen LogP contribution in [0, 0.1) is 0 Å². The first kappa shape index (κ1) is 26.5. The van der Waals surface area contributed by atoms with E-state index < -0.39 is 72.4 Å². The molecule has 0 spiro atoms. The van der Waals surface area contributed by atoms with Gasteiger partial charge in [-0.15, -0.1) is 5.10 Å². The van der Waals surface area contributed by atoms with E-state index in [1.807, 2.05) is 0 Å². The molecule has 1 fully saturated rings. The highest BCUT2D eigenvalue weighted by Gasteiger charge is 2.53. The van der Waals surface area contributed by atoms with Gasteiger partial charge in [-0.05, 0) is 0 Å². The van der Waals surface area contributed by atoms with Crippen LogP contribution in [0.1, 0.15) is 33.9 Å². The summed E-state index contributed by atoms with van der Waals surface area (Å²) < 4.78 is 27.4. The number of nitrogens with zero attached hydrogens (tertiary/aromatic N) is 3. The highest BCUT2D eigenvalue weighted by molar-refractivity contribution is 5.68. The van der Waals surface area contributed by atoms with Gasteiger partial charge in [-0.2, -0.15) is 4.68 Å². The molecule has 34 heavy (non-hydrogen) atoms. The van der Waals surface area contributed by atoms with Gasteiger partial charge in [-0.1, -0.05) is 0 Å². The van der Waals surface area contributed by atoms with Crippen molar-refractivity contribution in [1.82, 2.24) is 14.8 Å². The number of nitrogens with one attached hydrogen (secondary N) is 1. The lowest BCUT2D eigenvalue weighted by molar-refractivity contribution is -0.271. The minimum absolute atomic E-state index is 0.188. The molecule has 1 aromatic rings. The number of carbonyl (C=O) groups excluding carboxylic acids is 4. The third-order valence-electron chi connectivity index (χ3n) is 4.47. The number of H-pyrrole nitrogens is 1. The molecule has 1 N–H and O–H groups in total. The van der Waals surface area contributed by atoms with Crippen molar-refractivity contribution in [2.45, 2.75) is 58.3 Å². The Morgan fingerprint density at radius 3 is 1.94 bits per heavy atom. The lowest BCUT2D eigenvalue weighted by Crippen LogP contribution is -2.62. The normalized spacial score (nSPS) is 24.0. The van der Waals surface area contributed by atoms with Crippen LogP contribution < -0.4 is 16.1 Å². The van der Waals surface area contributed by atoms with Crippen molar-refractivity contribution < 1.29 is 42.9 Å². The van der Waals surface area contributed by atoms with Gasteiger partial charge < -0.3 is 28.6 Å². The van der Waals surface area contributed by atoms with Gasteiger partial charge in [-0.3, -0.25) is 29.0 Å². The maximum absolute atomic E-state index is 12.6. The van der Waals surface area contributed by atoms with Gasteiger partial charge in [0.25, 0.3) is 5.56 Å². The topological polar surface area (TPSA) is 185 Å². The first-order valence-corrected chi connectivity index (χ1v) is 10.0. The molecule has 15 heteroatoms. The number of carbonyl (C=O) groups is 4. The highest BCUT2D eigenvalue weighted by Crippen LogP contribution is 2.33. The average Bonchev–Trinajstić information content (AvgIpc) is 2.68. The summed E-state index contributed by atoms with van der Waals surface area (Å²) in [5, 5.41) is 4.00. The van der Waals surface area contributed by atoms with E-state index in [9.17, 15) is 28.8 Å². The molecule has 15 nitrogen and oxygen atoms in total. The molecule has 0 aliphatic carbocycles. The van der Waals surface area contributed by atoms with E-state index >= 15 is 0 Å². The second kappa shape index (κ2) is 10.9. The van der Waals surface area contributed by atoms with Gasteiger partial charge in [-0.25, -0.2) is 4.79 Å². The van der Waals surface area contributed by atoms with Crippen LogP contribution in [-0.4, -0.2) is 83.8 Å². The zero-order valence-electron chi connectivity index (χ0n) is 19.4. The van der Waals surface area contributed by atoms with E-state index in [0.29, 0.717) is 4.68 Å². The smallest absolute Gasteiger partial charge is 0.347 e. The maximum Gasteiger partial charge on any atom is 0.347 e. The second-order valence-electron chi connectivity index (χ2n) is 7.51. The summed E-state index contributed by atoms with van der Waals surface area (Å²) in [4.78, 5) is 75.1. The second-order valence-corrected chi connectivity index (χ2v) is 7.51. The largest absolute Gasteiger partial charge is 0.463 e. The van der Waals surface area contributed by atoms with Gasteiger partial charge in [0.1, 0.15) is 12.7 Å². The zero-order valence-corrected chi connectivity index (χ0v) is 19.4. The summed E-state index contributed by atoms with van der Waals surface area (Å²) in [6.45, 7) is 3.85. The van der Waals surface area contributed by atoms with Crippen molar-refractivity contribution in [2.75, 3.05) is 25.6 Å². The lowest BCUT2D eigenvalue weighted by atomic mass is 9.97. The first-order chi connectivity index (χ1) is 15.8. The number of rotatable bonds is 7. The van der Waals surface area contributed by atoms with Gasteiger partial charge in [0.15, 0.2) is 24.5 Å². The third-order valence-corrected chi connectivity index (χ3v) is 4.47. The van der Waals surface area contributed by atoms with E-state index in [-0.39, 0.29) is 5.82 Å². The Morgan fingerprint density at radius 1 is 0.912 bits per heavy atom. The fourth-order valence-electron chi connectivity index (χ4n) is 3.27. The number of hydrogen-bond acceptors (Lipinski definition) is 13. The molecule has 0 radical (unpaired) electrons. The van der Waals surface area contributed by atoms with Gasteiger partial charge in [0.05, 0.1) is 0 Å². The Morgan fingerprint density at radius 2 is 1.44 bits per heavy atom. The van der Waals surface area contributed by atoms with Crippen molar-refractivity contribution >= 4 is 29.7 Å². The van der Waals surface area contributed by atoms with E-state index in [4.69, 9.17) is 23.7 Å². The molecule has 2 heterocycles. The molecule has 1 aromatic heterocycles. The molecule has 188 valence electrons. The van der Waals surface area contributed by atoms with Gasteiger partial charge in [0.2, 0.25) is 5.82 Å². The molecule has 0 saturated carbocycles. The van der Waals surface area contributed by atoms with Crippen LogP contribution in [0.25, 0.3) is 0 Å². The van der Waals surface area contributed by atoms with Gasteiger partial charge >= 0.3 is 29.6 Å². The van der Waals surface area contributed by atoms with Crippen LogP contribution in [0.2, 0.25) is 0 Å². The SMILES string of the molecule is CC(=O)OC[C@@H]1O[C@H](n2nc(N(C)C)c(=O)[nH]c2=O)[C@H](OC(C)=O)[C@@H](OC(C)=O)[C@@H]1OC(C)=O. The Labute approximate surface area is 192 Å². The van der Waals surface area contributed by atoms with E-state index in [1.54, 1.807) is 0 Å². The van der Waals surface area contributed by atoms with Crippen LogP contribution in [0.4, 0.5) is 5.82 Å². The average molecular weight is 486 g/mol. The maximum atomic E-state index is 12.6. The van der Waals surface area contributed by atoms with Crippen molar-refractivity contribution in [3.8, 4) is 0 Å². The molecule has 5 atom stereocenters. The van der Waals surface area contributed by atoms with E-state index in [2.05, 4.69) is 10.1 Å². The lowest BCUT2D eigenvalue weighted by Gasteiger charge is -2.44. The van der Waals surface area contributed by atoms with Crippen LogP contribution in [0.3, 0.4) is 0 Å². The Hall–Kier alpha value is -3.75. The summed E-state index contributed by atoms with van der Waals surface area (Å²) in [6, 6.07) is 0. The molecule has 1 aliphatic heterocycles. The quantitative estimate of drug-likeness (QED) is 0.338. The number of esters is 4. The number of hydrogen-bond donors (Lipinski definition) is 1. The van der Waals surface area contributed by atoms with Crippen molar-refractivity contribution in [1.29, 1.82) is 0 Å².